The molecule has 1 unspecified atom stereocenters. The first kappa shape index (κ1) is 44.0. The van der Waals surface area contributed by atoms with Crippen molar-refractivity contribution in [3.05, 3.63) is 59.7 Å². The molecule has 8 heteroatoms. The van der Waals surface area contributed by atoms with Crippen molar-refractivity contribution in [1.29, 1.82) is 0 Å². The van der Waals surface area contributed by atoms with Crippen LogP contribution in [0.1, 0.15) is 160 Å². The third-order valence-electron chi connectivity index (χ3n) is 11.0. The van der Waals surface area contributed by atoms with Crippen molar-refractivity contribution >= 4 is 17.9 Å². The van der Waals surface area contributed by atoms with Gasteiger partial charge in [-0.3, -0.25) is 14.5 Å². The van der Waals surface area contributed by atoms with Crippen molar-refractivity contribution in [3.8, 4) is 11.5 Å². The molecule has 0 aromatic heterocycles. The number of aryl methyl sites for hydroxylation is 1. The highest BCUT2D eigenvalue weighted by molar-refractivity contribution is 5.91. The lowest BCUT2D eigenvalue weighted by molar-refractivity contribution is -0.161. The Bertz CT molecular complexity index is 1350. The third-order valence-corrected chi connectivity index (χ3v) is 11.0. The Kier molecular flexibility index (Phi) is 18.9. The summed E-state index contributed by atoms with van der Waals surface area (Å²) in [4.78, 5) is 39.6. The second-order valence-corrected chi connectivity index (χ2v) is 16.3. The van der Waals surface area contributed by atoms with Gasteiger partial charge in [0.05, 0.1) is 31.6 Å². The fourth-order valence-corrected chi connectivity index (χ4v) is 7.40. The van der Waals surface area contributed by atoms with E-state index >= 15 is 0 Å². The number of carbonyl (C=O) groups is 3. The van der Waals surface area contributed by atoms with Gasteiger partial charge in [-0.1, -0.05) is 70.9 Å². The molecule has 53 heavy (non-hydrogen) atoms. The SMILES string of the molecule is CCCCCCC(CC)CCCc1ccc(OC(=O)c2ccc(OCCCCCCOC(=O)CCC(=O)OC3CC(C)(C)N(C)C(C)(C)C3)cc2)cc1. The van der Waals surface area contributed by atoms with E-state index in [1.807, 2.05) is 12.1 Å². The zero-order valence-corrected chi connectivity index (χ0v) is 34.0. The number of ether oxygens (including phenoxy) is 4. The summed E-state index contributed by atoms with van der Waals surface area (Å²) < 4.78 is 22.5. The molecule has 1 aliphatic rings. The van der Waals surface area contributed by atoms with Crippen LogP contribution in [0, 0.1) is 5.92 Å². The lowest BCUT2D eigenvalue weighted by Crippen LogP contribution is -2.60. The molecule has 1 heterocycles. The number of unbranched alkanes of at least 4 members (excludes halogenated alkanes) is 6. The maximum Gasteiger partial charge on any atom is 0.343 e. The molecule has 0 radical (unpaired) electrons. The second-order valence-electron chi connectivity index (χ2n) is 16.3. The Morgan fingerprint density at radius 2 is 1.30 bits per heavy atom. The first-order valence-electron chi connectivity index (χ1n) is 20.5. The molecule has 0 saturated carbocycles. The van der Waals surface area contributed by atoms with Crippen molar-refractivity contribution in [2.24, 2.45) is 5.92 Å². The average Bonchev–Trinajstić information content (AvgIpc) is 3.12. The van der Waals surface area contributed by atoms with Crippen LogP contribution in [0.2, 0.25) is 0 Å². The lowest BCUT2D eigenvalue weighted by atomic mass is 9.79. The highest BCUT2D eigenvalue weighted by Gasteiger charge is 2.44. The number of hydrogen-bond donors (Lipinski definition) is 0. The first-order valence-corrected chi connectivity index (χ1v) is 20.5. The van der Waals surface area contributed by atoms with E-state index in [-0.39, 0.29) is 47.9 Å². The summed E-state index contributed by atoms with van der Waals surface area (Å²) in [6.07, 6.45) is 16.4. The van der Waals surface area contributed by atoms with Crippen LogP contribution in [0.4, 0.5) is 0 Å². The standard InChI is InChI=1S/C45H69NO7/c1-8-10-11-14-18-35(9-2)19-17-20-36-21-25-39(26-22-36)53-43(49)37-23-27-38(28-24-37)50-31-15-12-13-16-32-51-41(47)29-30-42(48)52-40-33-44(3,4)46(7)45(5,6)34-40/h21-28,35,40H,8-20,29-34H2,1-7H3. The van der Waals surface area contributed by atoms with Gasteiger partial charge in [0, 0.05) is 23.9 Å². The van der Waals surface area contributed by atoms with E-state index < -0.39 is 0 Å². The van der Waals surface area contributed by atoms with Gasteiger partial charge in [0.1, 0.15) is 17.6 Å². The number of piperidine rings is 1. The lowest BCUT2D eigenvalue weighted by Gasteiger charge is -2.53. The molecule has 0 amide bonds. The molecular weight excluding hydrogens is 666 g/mol. The molecule has 3 rings (SSSR count). The fraction of sp³-hybridized carbons (Fsp3) is 0.667. The van der Waals surface area contributed by atoms with Gasteiger partial charge in [-0.25, -0.2) is 4.79 Å². The van der Waals surface area contributed by atoms with Crippen molar-refractivity contribution in [2.45, 2.75) is 168 Å². The molecule has 8 nitrogen and oxygen atoms in total. The number of nitrogens with zero attached hydrogens (tertiary/aromatic N) is 1. The monoisotopic (exact) mass is 736 g/mol. The van der Waals surface area contributed by atoms with Crippen LogP contribution in [0.15, 0.2) is 48.5 Å². The smallest absolute Gasteiger partial charge is 0.343 e. The highest BCUT2D eigenvalue weighted by atomic mass is 16.5. The molecule has 0 aliphatic carbocycles. The molecule has 0 spiro atoms. The number of benzene rings is 2. The molecule has 1 fully saturated rings. The minimum Gasteiger partial charge on any atom is -0.494 e. The van der Waals surface area contributed by atoms with Gasteiger partial charge in [-0.15, -0.1) is 0 Å². The highest BCUT2D eigenvalue weighted by Crippen LogP contribution is 2.38. The Labute approximate surface area is 320 Å². The van der Waals surface area contributed by atoms with Gasteiger partial charge in [0.15, 0.2) is 0 Å². The van der Waals surface area contributed by atoms with Gasteiger partial charge in [-0.05, 0) is 121 Å². The molecular formula is C45H69NO7. The van der Waals surface area contributed by atoms with E-state index in [1.165, 1.54) is 56.9 Å². The first-order chi connectivity index (χ1) is 25.3. The van der Waals surface area contributed by atoms with E-state index in [2.05, 4.69) is 65.6 Å². The zero-order chi connectivity index (χ0) is 38.7. The number of esters is 3. The molecule has 1 atom stereocenters. The van der Waals surface area contributed by atoms with E-state index in [4.69, 9.17) is 18.9 Å². The van der Waals surface area contributed by atoms with Crippen LogP contribution in [-0.2, 0) is 25.5 Å². The summed E-state index contributed by atoms with van der Waals surface area (Å²) in [6, 6.07) is 14.9. The average molecular weight is 736 g/mol. The van der Waals surface area contributed by atoms with E-state index in [1.54, 1.807) is 24.3 Å². The summed E-state index contributed by atoms with van der Waals surface area (Å²) in [5.74, 6) is 0.981. The Morgan fingerprint density at radius 1 is 0.717 bits per heavy atom. The molecule has 2 aromatic rings. The van der Waals surface area contributed by atoms with Crippen LogP contribution in [0.5, 0.6) is 11.5 Å². The van der Waals surface area contributed by atoms with Crippen LogP contribution in [-0.4, -0.2) is 60.3 Å². The Hall–Kier alpha value is -3.39. The maximum atomic E-state index is 12.7. The minimum absolute atomic E-state index is 0.0364. The number of rotatable bonds is 24. The van der Waals surface area contributed by atoms with Crippen molar-refractivity contribution in [1.82, 2.24) is 4.90 Å². The molecule has 1 saturated heterocycles. The predicted octanol–water partition coefficient (Wildman–Crippen LogP) is 10.7. The predicted molar refractivity (Wildman–Crippen MR) is 213 cm³/mol. The number of likely N-dealkylation sites (tertiary alicyclic amines) is 1. The zero-order valence-electron chi connectivity index (χ0n) is 34.0. The quantitative estimate of drug-likeness (QED) is 0.0598. The van der Waals surface area contributed by atoms with Crippen molar-refractivity contribution in [2.75, 3.05) is 20.3 Å². The van der Waals surface area contributed by atoms with Crippen molar-refractivity contribution < 1.29 is 33.3 Å². The summed E-state index contributed by atoms with van der Waals surface area (Å²) in [7, 11) is 2.11. The number of hydrogen-bond acceptors (Lipinski definition) is 8. The summed E-state index contributed by atoms with van der Waals surface area (Å²) in [5.41, 5.74) is 1.61. The van der Waals surface area contributed by atoms with Crippen LogP contribution < -0.4 is 9.47 Å². The normalized spacial score (nSPS) is 16.1. The Balaban J connectivity index is 1.22. The third kappa shape index (κ3) is 16.3. The van der Waals surface area contributed by atoms with E-state index in [0.29, 0.717) is 30.3 Å². The second kappa shape index (κ2) is 22.7. The summed E-state index contributed by atoms with van der Waals surface area (Å²) >= 11 is 0. The largest absolute Gasteiger partial charge is 0.494 e. The maximum absolute atomic E-state index is 12.7. The van der Waals surface area contributed by atoms with Crippen molar-refractivity contribution in [3.63, 3.8) is 0 Å². The molecule has 296 valence electrons. The topological polar surface area (TPSA) is 91.4 Å². The fourth-order valence-electron chi connectivity index (χ4n) is 7.40. The minimum atomic E-state index is -0.389. The van der Waals surface area contributed by atoms with Crippen LogP contribution in [0.25, 0.3) is 0 Å². The molecule has 2 aromatic carbocycles. The van der Waals surface area contributed by atoms with Gasteiger partial charge < -0.3 is 18.9 Å². The van der Waals surface area contributed by atoms with Crippen LogP contribution >= 0.6 is 0 Å². The Morgan fingerprint density at radius 3 is 1.94 bits per heavy atom. The number of carbonyl (C=O) groups excluding carboxylic acids is 3. The van der Waals surface area contributed by atoms with Gasteiger partial charge in [0.2, 0.25) is 0 Å². The van der Waals surface area contributed by atoms with E-state index in [0.717, 1.165) is 50.9 Å². The van der Waals surface area contributed by atoms with Crippen LogP contribution in [0.3, 0.4) is 0 Å². The summed E-state index contributed by atoms with van der Waals surface area (Å²) in [5, 5.41) is 0. The molecule has 0 bridgehead atoms. The van der Waals surface area contributed by atoms with Gasteiger partial charge in [0.25, 0.3) is 0 Å². The van der Waals surface area contributed by atoms with E-state index in [9.17, 15) is 14.4 Å². The summed E-state index contributed by atoms with van der Waals surface area (Å²) in [6.45, 7) is 14.1. The molecule has 1 aliphatic heterocycles. The molecule has 0 N–H and O–H groups in total. The van der Waals surface area contributed by atoms with Gasteiger partial charge in [-0.2, -0.15) is 0 Å². The van der Waals surface area contributed by atoms with Gasteiger partial charge >= 0.3 is 17.9 Å².